The molecule has 0 spiro atoms. The second kappa shape index (κ2) is 4.66. The SMILES string of the molecule is C#Cc1ccc([C@H](O)CCO)cc1. The normalized spacial score (nSPS) is 12.1. The third-order valence-corrected chi connectivity index (χ3v) is 1.86. The maximum absolute atomic E-state index is 9.47. The molecule has 1 aromatic rings. The Morgan fingerprint density at radius 3 is 2.38 bits per heavy atom. The Morgan fingerprint density at radius 2 is 1.92 bits per heavy atom. The number of terminal acetylenes is 1. The lowest BCUT2D eigenvalue weighted by atomic mass is 10.1. The van der Waals surface area contributed by atoms with Crippen molar-refractivity contribution in [2.24, 2.45) is 0 Å². The summed E-state index contributed by atoms with van der Waals surface area (Å²) in [4.78, 5) is 0. The van der Waals surface area contributed by atoms with E-state index < -0.39 is 6.10 Å². The first kappa shape index (κ1) is 9.79. The molecule has 0 aromatic heterocycles. The molecule has 1 rings (SSSR count). The topological polar surface area (TPSA) is 40.5 Å². The van der Waals surface area contributed by atoms with Crippen molar-refractivity contribution in [1.82, 2.24) is 0 Å². The van der Waals surface area contributed by atoms with Crippen molar-refractivity contribution in [3.8, 4) is 12.3 Å². The fourth-order valence-corrected chi connectivity index (χ4v) is 1.09. The molecule has 0 bridgehead atoms. The van der Waals surface area contributed by atoms with Crippen molar-refractivity contribution < 1.29 is 10.2 Å². The molecule has 0 unspecified atom stereocenters. The maximum Gasteiger partial charge on any atom is 0.0811 e. The van der Waals surface area contributed by atoms with Gasteiger partial charge in [0, 0.05) is 18.6 Å². The van der Waals surface area contributed by atoms with E-state index >= 15 is 0 Å². The van der Waals surface area contributed by atoms with Crippen LogP contribution in [0.3, 0.4) is 0 Å². The van der Waals surface area contributed by atoms with E-state index in [0.29, 0.717) is 6.42 Å². The average Bonchev–Trinajstić information content (AvgIpc) is 2.18. The summed E-state index contributed by atoms with van der Waals surface area (Å²) in [5.74, 6) is 2.49. The Hall–Kier alpha value is -1.30. The molecule has 0 aliphatic carbocycles. The molecule has 1 aromatic carbocycles. The fourth-order valence-electron chi connectivity index (χ4n) is 1.09. The van der Waals surface area contributed by atoms with E-state index in [9.17, 15) is 5.11 Å². The van der Waals surface area contributed by atoms with Crippen molar-refractivity contribution in [2.45, 2.75) is 12.5 Å². The standard InChI is InChI=1S/C11H12O2/c1-2-9-3-5-10(6-4-9)11(13)7-8-12/h1,3-6,11-13H,7-8H2/t11-/m1/s1. The van der Waals surface area contributed by atoms with Gasteiger partial charge in [-0.05, 0) is 17.7 Å². The van der Waals surface area contributed by atoms with Crippen LogP contribution in [0.4, 0.5) is 0 Å². The first-order valence-electron chi connectivity index (χ1n) is 4.13. The van der Waals surface area contributed by atoms with Gasteiger partial charge in [-0.25, -0.2) is 0 Å². The highest BCUT2D eigenvalue weighted by Gasteiger charge is 2.05. The third kappa shape index (κ3) is 2.59. The van der Waals surface area contributed by atoms with E-state index in [2.05, 4.69) is 5.92 Å². The van der Waals surface area contributed by atoms with Gasteiger partial charge in [-0.15, -0.1) is 6.42 Å². The van der Waals surface area contributed by atoms with Gasteiger partial charge in [-0.3, -0.25) is 0 Å². The minimum absolute atomic E-state index is 0.0158. The van der Waals surface area contributed by atoms with Crippen LogP contribution in [0, 0.1) is 12.3 Å². The Morgan fingerprint density at radius 1 is 1.31 bits per heavy atom. The zero-order valence-corrected chi connectivity index (χ0v) is 7.27. The molecular weight excluding hydrogens is 164 g/mol. The summed E-state index contributed by atoms with van der Waals surface area (Å²) in [6.45, 7) is -0.0158. The molecule has 0 amide bonds. The summed E-state index contributed by atoms with van der Waals surface area (Å²) in [6, 6.07) is 7.09. The van der Waals surface area contributed by atoms with Crippen LogP contribution in [0.2, 0.25) is 0 Å². The van der Waals surface area contributed by atoms with Crippen LogP contribution in [0.1, 0.15) is 23.7 Å². The van der Waals surface area contributed by atoms with Gasteiger partial charge < -0.3 is 10.2 Å². The van der Waals surface area contributed by atoms with E-state index in [0.717, 1.165) is 11.1 Å². The van der Waals surface area contributed by atoms with E-state index in [4.69, 9.17) is 11.5 Å². The van der Waals surface area contributed by atoms with Crippen LogP contribution in [0.25, 0.3) is 0 Å². The molecule has 0 radical (unpaired) electrons. The number of aliphatic hydroxyl groups is 2. The molecule has 0 aliphatic heterocycles. The molecule has 0 saturated heterocycles. The quantitative estimate of drug-likeness (QED) is 0.677. The lowest BCUT2D eigenvalue weighted by molar-refractivity contribution is 0.134. The third-order valence-electron chi connectivity index (χ3n) is 1.86. The predicted molar refractivity (Wildman–Crippen MR) is 51.0 cm³/mol. The summed E-state index contributed by atoms with van der Waals surface area (Å²) in [7, 11) is 0. The average molecular weight is 176 g/mol. The molecule has 2 nitrogen and oxygen atoms in total. The Kier molecular flexibility index (Phi) is 3.51. The van der Waals surface area contributed by atoms with Gasteiger partial charge in [0.2, 0.25) is 0 Å². The van der Waals surface area contributed by atoms with Gasteiger partial charge in [-0.1, -0.05) is 18.1 Å². The highest BCUT2D eigenvalue weighted by Crippen LogP contribution is 2.16. The van der Waals surface area contributed by atoms with E-state index in [1.165, 1.54) is 0 Å². The smallest absolute Gasteiger partial charge is 0.0811 e. The second-order valence-electron chi connectivity index (χ2n) is 2.79. The molecule has 68 valence electrons. The van der Waals surface area contributed by atoms with Gasteiger partial charge in [0.05, 0.1) is 6.10 Å². The van der Waals surface area contributed by atoms with Crippen LogP contribution in [-0.4, -0.2) is 16.8 Å². The largest absolute Gasteiger partial charge is 0.396 e. The number of rotatable bonds is 3. The van der Waals surface area contributed by atoms with Crippen LogP contribution >= 0.6 is 0 Å². The minimum atomic E-state index is -0.600. The first-order chi connectivity index (χ1) is 6.27. The summed E-state index contributed by atoms with van der Waals surface area (Å²) in [6.07, 6.45) is 4.94. The zero-order valence-electron chi connectivity index (χ0n) is 7.27. The lowest BCUT2D eigenvalue weighted by Gasteiger charge is -2.08. The minimum Gasteiger partial charge on any atom is -0.396 e. The van der Waals surface area contributed by atoms with Crippen LogP contribution in [0.5, 0.6) is 0 Å². The molecule has 0 saturated carbocycles. The molecule has 1 atom stereocenters. The fraction of sp³-hybridized carbons (Fsp3) is 0.273. The maximum atomic E-state index is 9.47. The number of hydrogen-bond donors (Lipinski definition) is 2. The summed E-state index contributed by atoms with van der Waals surface area (Å²) < 4.78 is 0. The zero-order chi connectivity index (χ0) is 9.68. The molecule has 0 heterocycles. The predicted octanol–water partition coefficient (Wildman–Crippen LogP) is 1.08. The van der Waals surface area contributed by atoms with Gasteiger partial charge in [0.15, 0.2) is 0 Å². The van der Waals surface area contributed by atoms with Crippen molar-refractivity contribution in [1.29, 1.82) is 0 Å². The Balaban J connectivity index is 2.75. The van der Waals surface area contributed by atoms with Gasteiger partial charge in [0.25, 0.3) is 0 Å². The van der Waals surface area contributed by atoms with Crippen LogP contribution in [-0.2, 0) is 0 Å². The number of aliphatic hydroxyl groups excluding tert-OH is 2. The summed E-state index contributed by atoms with van der Waals surface area (Å²) in [5.41, 5.74) is 1.58. The van der Waals surface area contributed by atoms with Crippen molar-refractivity contribution >= 4 is 0 Å². The highest BCUT2D eigenvalue weighted by molar-refractivity contribution is 5.34. The lowest BCUT2D eigenvalue weighted by Crippen LogP contribution is -1.99. The molecule has 0 fully saturated rings. The van der Waals surface area contributed by atoms with E-state index in [-0.39, 0.29) is 6.61 Å². The molecule has 2 N–H and O–H groups in total. The van der Waals surface area contributed by atoms with Crippen molar-refractivity contribution in [2.75, 3.05) is 6.61 Å². The molecule has 2 heteroatoms. The van der Waals surface area contributed by atoms with Gasteiger partial charge in [0.1, 0.15) is 0 Å². The number of hydrogen-bond acceptors (Lipinski definition) is 2. The number of benzene rings is 1. The van der Waals surface area contributed by atoms with E-state index in [1.807, 2.05) is 0 Å². The van der Waals surface area contributed by atoms with E-state index in [1.54, 1.807) is 24.3 Å². The molecule has 0 aliphatic rings. The summed E-state index contributed by atoms with van der Waals surface area (Å²) in [5, 5.41) is 18.1. The van der Waals surface area contributed by atoms with Crippen molar-refractivity contribution in [3.63, 3.8) is 0 Å². The summed E-state index contributed by atoms with van der Waals surface area (Å²) >= 11 is 0. The second-order valence-corrected chi connectivity index (χ2v) is 2.79. The molecule has 13 heavy (non-hydrogen) atoms. The Labute approximate surface area is 77.8 Å². The highest BCUT2D eigenvalue weighted by atomic mass is 16.3. The van der Waals surface area contributed by atoms with Gasteiger partial charge in [-0.2, -0.15) is 0 Å². The van der Waals surface area contributed by atoms with Crippen LogP contribution in [0.15, 0.2) is 24.3 Å². The van der Waals surface area contributed by atoms with Gasteiger partial charge >= 0.3 is 0 Å². The first-order valence-corrected chi connectivity index (χ1v) is 4.13. The molecular formula is C11H12O2. The van der Waals surface area contributed by atoms with Crippen molar-refractivity contribution in [3.05, 3.63) is 35.4 Å². The Bertz CT molecular complexity index is 295. The monoisotopic (exact) mass is 176 g/mol. The van der Waals surface area contributed by atoms with Crippen LogP contribution < -0.4 is 0 Å².